The van der Waals surface area contributed by atoms with Gasteiger partial charge in [-0.2, -0.15) is 0 Å². The lowest BCUT2D eigenvalue weighted by molar-refractivity contribution is -0.385. The molecule has 0 amide bonds. The minimum atomic E-state index is -0.401. The van der Waals surface area contributed by atoms with Crippen molar-refractivity contribution < 1.29 is 4.92 Å². The average molecular weight is 322 g/mol. The predicted octanol–water partition coefficient (Wildman–Crippen LogP) is 4.50. The fraction of sp³-hybridized carbons (Fsp3) is 0.222. The van der Waals surface area contributed by atoms with Crippen LogP contribution in [0.15, 0.2) is 53.5 Å². The predicted molar refractivity (Wildman–Crippen MR) is 95.0 cm³/mol. The molecule has 3 rings (SSSR count). The molecule has 0 saturated heterocycles. The Labute approximate surface area is 139 Å². The van der Waals surface area contributed by atoms with Gasteiger partial charge in [-0.1, -0.05) is 37.6 Å². The first kappa shape index (κ1) is 15.9. The van der Waals surface area contributed by atoms with Gasteiger partial charge in [0.25, 0.3) is 5.69 Å². The summed E-state index contributed by atoms with van der Waals surface area (Å²) in [6, 6.07) is 14.4. The summed E-state index contributed by atoms with van der Waals surface area (Å²) in [6.45, 7) is 2.95. The molecule has 3 aromatic rings. The number of fused-ring (bicyclic) bond motifs is 1. The van der Waals surface area contributed by atoms with Gasteiger partial charge >= 0.3 is 0 Å². The summed E-state index contributed by atoms with van der Waals surface area (Å²) >= 11 is 0. The van der Waals surface area contributed by atoms with Gasteiger partial charge in [0.05, 0.1) is 21.5 Å². The molecule has 122 valence electrons. The largest absolute Gasteiger partial charge is 0.308 e. The highest BCUT2D eigenvalue weighted by molar-refractivity contribution is 5.87. The Kier molecular flexibility index (Phi) is 4.65. The van der Waals surface area contributed by atoms with Crippen LogP contribution < -0.4 is 0 Å². The number of imidazole rings is 1. The highest BCUT2D eigenvalue weighted by Crippen LogP contribution is 2.23. The van der Waals surface area contributed by atoms with Crippen LogP contribution in [0.2, 0.25) is 0 Å². The highest BCUT2D eigenvalue weighted by atomic mass is 16.6. The number of nitro benzene ring substituents is 1. The first-order chi connectivity index (χ1) is 11.7. The molecular weight excluding hydrogens is 304 g/mol. The Hall–Kier alpha value is -3.02. The van der Waals surface area contributed by atoms with Gasteiger partial charge in [-0.25, -0.2) is 9.98 Å². The van der Waals surface area contributed by atoms with Gasteiger partial charge < -0.3 is 4.57 Å². The van der Waals surface area contributed by atoms with Crippen LogP contribution in [0.5, 0.6) is 0 Å². The molecule has 6 nitrogen and oxygen atoms in total. The number of aliphatic imine (C=N–C) groups is 1. The first-order valence-corrected chi connectivity index (χ1v) is 7.93. The van der Waals surface area contributed by atoms with E-state index in [9.17, 15) is 10.1 Å². The average Bonchev–Trinajstić information content (AvgIpc) is 2.95. The molecule has 0 fully saturated rings. The summed E-state index contributed by atoms with van der Waals surface area (Å²) in [5, 5.41) is 11.1. The number of aromatic nitrogens is 2. The van der Waals surface area contributed by atoms with E-state index in [-0.39, 0.29) is 5.69 Å². The molecule has 0 unspecified atom stereocenters. The number of rotatable bonds is 6. The van der Waals surface area contributed by atoms with Crippen LogP contribution >= 0.6 is 0 Å². The van der Waals surface area contributed by atoms with Gasteiger partial charge in [-0.3, -0.25) is 10.1 Å². The van der Waals surface area contributed by atoms with E-state index >= 15 is 0 Å². The molecule has 0 saturated carbocycles. The number of nitrogens with zero attached hydrogens (tertiary/aromatic N) is 4. The van der Waals surface area contributed by atoms with Gasteiger partial charge in [-0.15, -0.1) is 0 Å². The third kappa shape index (κ3) is 3.17. The zero-order chi connectivity index (χ0) is 16.9. The van der Waals surface area contributed by atoms with E-state index in [0.29, 0.717) is 11.5 Å². The van der Waals surface area contributed by atoms with Crippen molar-refractivity contribution in [3.05, 3.63) is 64.2 Å². The Morgan fingerprint density at radius 3 is 2.75 bits per heavy atom. The second kappa shape index (κ2) is 7.04. The number of para-hydroxylation sites is 3. The molecule has 6 heteroatoms. The number of unbranched alkanes of at least 4 members (excludes halogenated alkanes) is 1. The van der Waals surface area contributed by atoms with Crippen molar-refractivity contribution >= 4 is 28.9 Å². The van der Waals surface area contributed by atoms with Crippen LogP contribution in [-0.4, -0.2) is 20.7 Å². The van der Waals surface area contributed by atoms with E-state index in [4.69, 9.17) is 0 Å². The Bertz CT molecular complexity index is 899. The monoisotopic (exact) mass is 322 g/mol. The van der Waals surface area contributed by atoms with Gasteiger partial charge in [0, 0.05) is 18.8 Å². The Morgan fingerprint density at radius 2 is 1.96 bits per heavy atom. The van der Waals surface area contributed by atoms with Crippen molar-refractivity contribution in [3.63, 3.8) is 0 Å². The summed E-state index contributed by atoms with van der Waals surface area (Å²) in [5.41, 5.74) is 2.41. The fourth-order valence-corrected chi connectivity index (χ4v) is 2.59. The minimum Gasteiger partial charge on any atom is -0.308 e. The molecule has 24 heavy (non-hydrogen) atoms. The van der Waals surface area contributed by atoms with Crippen molar-refractivity contribution in [2.24, 2.45) is 4.99 Å². The Balaban J connectivity index is 2.02. The van der Waals surface area contributed by atoms with Crippen LogP contribution in [0.4, 0.5) is 11.6 Å². The van der Waals surface area contributed by atoms with E-state index in [1.54, 1.807) is 18.2 Å². The lowest BCUT2D eigenvalue weighted by Gasteiger charge is -2.05. The van der Waals surface area contributed by atoms with Crippen molar-refractivity contribution in [1.82, 2.24) is 9.55 Å². The zero-order valence-corrected chi connectivity index (χ0v) is 13.4. The van der Waals surface area contributed by atoms with Crippen LogP contribution in [-0.2, 0) is 6.54 Å². The van der Waals surface area contributed by atoms with Crippen molar-refractivity contribution in [1.29, 1.82) is 0 Å². The smallest absolute Gasteiger partial charge is 0.278 e. The fourth-order valence-electron chi connectivity index (χ4n) is 2.59. The van der Waals surface area contributed by atoms with Crippen LogP contribution in [0.3, 0.4) is 0 Å². The molecule has 1 heterocycles. The molecule has 0 spiro atoms. The normalized spacial score (nSPS) is 11.4. The highest BCUT2D eigenvalue weighted by Gasteiger charge is 2.12. The van der Waals surface area contributed by atoms with Crippen molar-refractivity contribution in [3.8, 4) is 0 Å². The minimum absolute atomic E-state index is 0.0393. The van der Waals surface area contributed by atoms with Gasteiger partial charge in [-0.05, 0) is 24.6 Å². The molecule has 0 atom stereocenters. The zero-order valence-electron chi connectivity index (χ0n) is 13.4. The maximum Gasteiger partial charge on any atom is 0.278 e. The third-order valence-corrected chi connectivity index (χ3v) is 3.82. The second-order valence-electron chi connectivity index (χ2n) is 5.48. The summed E-state index contributed by atoms with van der Waals surface area (Å²) in [7, 11) is 0. The number of benzene rings is 2. The number of aryl methyl sites for hydroxylation is 1. The molecule has 2 aromatic carbocycles. The van der Waals surface area contributed by atoms with E-state index in [1.165, 1.54) is 12.3 Å². The number of hydrogen-bond donors (Lipinski definition) is 0. The molecule has 0 aliphatic heterocycles. The topological polar surface area (TPSA) is 73.3 Å². The molecule has 0 N–H and O–H groups in total. The molecule has 0 radical (unpaired) electrons. The first-order valence-electron chi connectivity index (χ1n) is 7.93. The Morgan fingerprint density at radius 1 is 1.21 bits per heavy atom. The van der Waals surface area contributed by atoms with Crippen LogP contribution in [0, 0.1) is 10.1 Å². The SMILES string of the molecule is CCCCn1c(/N=C/c2ccccc2[N+](=O)[O-])nc2ccccc21. The molecule has 0 bridgehead atoms. The van der Waals surface area contributed by atoms with Crippen molar-refractivity contribution in [2.45, 2.75) is 26.3 Å². The number of hydrogen-bond acceptors (Lipinski definition) is 4. The standard InChI is InChI=1S/C18H18N4O2/c1-2-3-12-21-17-11-7-5-9-15(17)20-18(21)19-13-14-8-4-6-10-16(14)22(23)24/h4-11,13H,2-3,12H2,1H3/b19-13+. The maximum atomic E-state index is 11.1. The summed E-state index contributed by atoms with van der Waals surface area (Å²) in [4.78, 5) is 19.7. The van der Waals surface area contributed by atoms with Gasteiger partial charge in [0.1, 0.15) is 0 Å². The molecule has 0 aliphatic carbocycles. The summed E-state index contributed by atoms with van der Waals surface area (Å²) in [5.74, 6) is 0.572. The maximum absolute atomic E-state index is 11.1. The van der Waals surface area contributed by atoms with E-state index in [2.05, 4.69) is 21.5 Å². The van der Waals surface area contributed by atoms with Crippen LogP contribution in [0.25, 0.3) is 11.0 Å². The van der Waals surface area contributed by atoms with Crippen LogP contribution in [0.1, 0.15) is 25.3 Å². The molecule has 1 aromatic heterocycles. The second-order valence-corrected chi connectivity index (χ2v) is 5.48. The van der Waals surface area contributed by atoms with E-state index in [0.717, 1.165) is 30.4 Å². The van der Waals surface area contributed by atoms with E-state index in [1.807, 2.05) is 24.3 Å². The molecular formula is C18H18N4O2. The number of nitro groups is 1. The van der Waals surface area contributed by atoms with Crippen molar-refractivity contribution in [2.75, 3.05) is 0 Å². The summed E-state index contributed by atoms with van der Waals surface area (Å²) < 4.78 is 2.06. The van der Waals surface area contributed by atoms with Gasteiger partial charge in [0.2, 0.25) is 5.95 Å². The quantitative estimate of drug-likeness (QED) is 0.381. The summed E-state index contributed by atoms with van der Waals surface area (Å²) in [6.07, 6.45) is 3.61. The molecule has 0 aliphatic rings. The lowest BCUT2D eigenvalue weighted by Crippen LogP contribution is -1.98. The van der Waals surface area contributed by atoms with Gasteiger partial charge in [0.15, 0.2) is 0 Å². The third-order valence-electron chi connectivity index (χ3n) is 3.82. The van der Waals surface area contributed by atoms with E-state index < -0.39 is 4.92 Å². The lowest BCUT2D eigenvalue weighted by atomic mass is 10.2.